The van der Waals surface area contributed by atoms with Crippen molar-refractivity contribution in [2.45, 2.75) is 44.9 Å². The number of nitrogens with zero attached hydrogens (tertiary/aromatic N) is 2. The Hall–Kier alpha value is -3.37. The molecule has 0 bridgehead atoms. The number of aromatic nitrogens is 1. The van der Waals surface area contributed by atoms with Gasteiger partial charge in [-0.15, -0.1) is 0 Å². The highest BCUT2D eigenvalue weighted by Gasteiger charge is 2.30. The first-order chi connectivity index (χ1) is 18.2. The summed E-state index contributed by atoms with van der Waals surface area (Å²) in [6.07, 6.45) is -1.79. The van der Waals surface area contributed by atoms with E-state index in [9.17, 15) is 18.0 Å². The van der Waals surface area contributed by atoms with Crippen molar-refractivity contribution in [2.24, 2.45) is 5.73 Å². The SMILES string of the molecule is CCOC(=N)c1ccc2cc(C(=O)NC3CCN(CCCN)CC3)n(Cc3ccc(C(F)(F)F)cc3)c2c1. The number of alkyl halides is 3. The highest BCUT2D eigenvalue weighted by atomic mass is 19.4. The standard InChI is InChI=1S/C28H34F3N5O2/c1-2-38-26(33)21-7-6-20-16-25(27(37)34-23-10-14-35(15-11-23)13-3-12-32)36(24(20)17-21)18-19-4-8-22(9-5-19)28(29,30)31/h4-9,16-17,23,33H,2-3,10-15,18,32H2,1H3,(H,34,37). The molecule has 204 valence electrons. The molecular weight excluding hydrogens is 495 g/mol. The second-order valence-corrected chi connectivity index (χ2v) is 9.58. The lowest BCUT2D eigenvalue weighted by Crippen LogP contribution is -2.45. The van der Waals surface area contributed by atoms with E-state index in [1.165, 1.54) is 12.1 Å². The van der Waals surface area contributed by atoms with E-state index in [1.807, 2.05) is 6.07 Å². The van der Waals surface area contributed by atoms with Crippen molar-refractivity contribution in [1.82, 2.24) is 14.8 Å². The molecule has 10 heteroatoms. The van der Waals surface area contributed by atoms with Crippen molar-refractivity contribution in [2.75, 3.05) is 32.8 Å². The molecule has 0 aliphatic carbocycles. The molecule has 1 aromatic heterocycles. The minimum atomic E-state index is -4.42. The topological polar surface area (TPSA) is 96.4 Å². The number of carbonyl (C=O) groups excluding carboxylic acids is 1. The highest BCUT2D eigenvalue weighted by molar-refractivity contribution is 6.01. The number of benzene rings is 2. The third-order valence-corrected chi connectivity index (χ3v) is 6.91. The van der Waals surface area contributed by atoms with Crippen LogP contribution in [0.3, 0.4) is 0 Å². The molecule has 0 saturated carbocycles. The third kappa shape index (κ3) is 6.54. The van der Waals surface area contributed by atoms with Gasteiger partial charge in [0.15, 0.2) is 0 Å². The molecule has 0 radical (unpaired) electrons. The Balaban J connectivity index is 1.61. The maximum absolute atomic E-state index is 13.5. The van der Waals surface area contributed by atoms with Crippen molar-refractivity contribution in [3.63, 3.8) is 0 Å². The minimum Gasteiger partial charge on any atom is -0.478 e. The molecule has 1 fully saturated rings. The molecule has 1 saturated heterocycles. The van der Waals surface area contributed by atoms with Crippen LogP contribution in [0.4, 0.5) is 13.2 Å². The number of ether oxygens (including phenoxy) is 1. The molecule has 7 nitrogen and oxygen atoms in total. The van der Waals surface area contributed by atoms with E-state index in [1.54, 1.807) is 29.7 Å². The summed E-state index contributed by atoms with van der Waals surface area (Å²) in [5.41, 5.74) is 7.21. The first-order valence-corrected chi connectivity index (χ1v) is 12.9. The summed E-state index contributed by atoms with van der Waals surface area (Å²) in [6.45, 7) is 5.75. The number of nitrogens with one attached hydrogen (secondary N) is 2. The van der Waals surface area contributed by atoms with E-state index in [0.717, 1.165) is 56.4 Å². The monoisotopic (exact) mass is 529 g/mol. The van der Waals surface area contributed by atoms with Crippen LogP contribution in [-0.4, -0.2) is 60.1 Å². The van der Waals surface area contributed by atoms with Crippen LogP contribution >= 0.6 is 0 Å². The normalized spacial score (nSPS) is 15.1. The van der Waals surface area contributed by atoms with Crippen molar-refractivity contribution in [3.8, 4) is 0 Å². The van der Waals surface area contributed by atoms with Crippen LogP contribution in [0.2, 0.25) is 0 Å². The molecule has 4 rings (SSSR count). The molecule has 0 atom stereocenters. The molecule has 1 aliphatic heterocycles. The number of rotatable bonds is 9. The molecule has 38 heavy (non-hydrogen) atoms. The summed E-state index contributed by atoms with van der Waals surface area (Å²) >= 11 is 0. The number of fused-ring (bicyclic) bond motifs is 1. The quantitative estimate of drug-likeness (QED) is 0.279. The summed E-state index contributed by atoms with van der Waals surface area (Å²) in [5.74, 6) is -0.209. The Bertz CT molecular complexity index is 1260. The van der Waals surface area contributed by atoms with Gasteiger partial charge in [0.25, 0.3) is 5.91 Å². The number of carbonyl (C=O) groups is 1. The first-order valence-electron chi connectivity index (χ1n) is 12.9. The van der Waals surface area contributed by atoms with Crippen LogP contribution < -0.4 is 11.1 Å². The van der Waals surface area contributed by atoms with Gasteiger partial charge in [0, 0.05) is 42.1 Å². The Morgan fingerprint density at radius 2 is 1.84 bits per heavy atom. The van der Waals surface area contributed by atoms with E-state index in [2.05, 4.69) is 10.2 Å². The first kappa shape index (κ1) is 27.7. The van der Waals surface area contributed by atoms with Crippen molar-refractivity contribution < 1.29 is 22.7 Å². The van der Waals surface area contributed by atoms with Crippen LogP contribution in [0.1, 0.15) is 53.4 Å². The van der Waals surface area contributed by atoms with E-state index in [4.69, 9.17) is 15.9 Å². The highest BCUT2D eigenvalue weighted by Crippen LogP contribution is 2.30. The predicted octanol–water partition coefficient (Wildman–Crippen LogP) is 4.61. The minimum absolute atomic E-state index is 0.0177. The fraction of sp³-hybridized carbons (Fsp3) is 0.429. The summed E-state index contributed by atoms with van der Waals surface area (Å²) in [6, 6.07) is 12.2. The largest absolute Gasteiger partial charge is 0.478 e. The number of piperidine rings is 1. The Labute approximate surface area is 220 Å². The van der Waals surface area contributed by atoms with Crippen LogP contribution in [0.25, 0.3) is 10.9 Å². The van der Waals surface area contributed by atoms with Gasteiger partial charge in [0.2, 0.25) is 5.90 Å². The van der Waals surface area contributed by atoms with Crippen molar-refractivity contribution in [3.05, 3.63) is 70.9 Å². The predicted molar refractivity (Wildman–Crippen MR) is 142 cm³/mol. The molecule has 1 amide bonds. The molecule has 0 unspecified atom stereocenters. The number of nitrogens with two attached hydrogens (primary N) is 1. The molecule has 3 aromatic rings. The fourth-order valence-corrected chi connectivity index (χ4v) is 4.84. The third-order valence-electron chi connectivity index (χ3n) is 6.91. The Morgan fingerprint density at radius 1 is 1.13 bits per heavy atom. The fourth-order valence-electron chi connectivity index (χ4n) is 4.84. The Morgan fingerprint density at radius 3 is 2.47 bits per heavy atom. The van der Waals surface area contributed by atoms with Gasteiger partial charge < -0.3 is 25.3 Å². The number of likely N-dealkylation sites (tertiary alicyclic amines) is 1. The summed E-state index contributed by atoms with van der Waals surface area (Å²) in [7, 11) is 0. The molecule has 2 aromatic carbocycles. The summed E-state index contributed by atoms with van der Waals surface area (Å²) in [4.78, 5) is 15.8. The van der Waals surface area contributed by atoms with Gasteiger partial charge in [-0.25, -0.2) is 0 Å². The molecule has 0 spiro atoms. The number of amides is 1. The van der Waals surface area contributed by atoms with Crippen LogP contribution in [-0.2, 0) is 17.5 Å². The number of hydrogen-bond donors (Lipinski definition) is 3. The van der Waals surface area contributed by atoms with Crippen LogP contribution in [0, 0.1) is 5.41 Å². The Kier molecular flexibility index (Phi) is 8.73. The number of hydrogen-bond acceptors (Lipinski definition) is 5. The molecule has 4 N–H and O–H groups in total. The lowest BCUT2D eigenvalue weighted by molar-refractivity contribution is -0.137. The second-order valence-electron chi connectivity index (χ2n) is 9.58. The maximum Gasteiger partial charge on any atom is 0.416 e. The summed E-state index contributed by atoms with van der Waals surface area (Å²) < 4.78 is 46.3. The van der Waals surface area contributed by atoms with Crippen molar-refractivity contribution in [1.29, 1.82) is 5.41 Å². The van der Waals surface area contributed by atoms with E-state index < -0.39 is 11.7 Å². The second kappa shape index (κ2) is 12.0. The van der Waals surface area contributed by atoms with Gasteiger partial charge in [0.1, 0.15) is 5.69 Å². The van der Waals surface area contributed by atoms with Crippen LogP contribution in [0.15, 0.2) is 48.5 Å². The van der Waals surface area contributed by atoms with Gasteiger partial charge in [-0.2, -0.15) is 13.2 Å². The van der Waals surface area contributed by atoms with Gasteiger partial charge in [-0.3, -0.25) is 10.2 Å². The smallest absolute Gasteiger partial charge is 0.416 e. The maximum atomic E-state index is 13.5. The van der Waals surface area contributed by atoms with Gasteiger partial charge in [-0.05, 0) is 75.2 Å². The molecule has 1 aliphatic rings. The van der Waals surface area contributed by atoms with Crippen LogP contribution in [0.5, 0.6) is 0 Å². The molecular formula is C28H34F3N5O2. The van der Waals surface area contributed by atoms with Gasteiger partial charge >= 0.3 is 6.18 Å². The number of halogens is 3. The van der Waals surface area contributed by atoms with Gasteiger partial charge in [-0.1, -0.05) is 18.2 Å². The average molecular weight is 530 g/mol. The van der Waals surface area contributed by atoms with E-state index in [0.29, 0.717) is 35.5 Å². The lowest BCUT2D eigenvalue weighted by atomic mass is 10.0. The average Bonchev–Trinajstić information content (AvgIpc) is 3.26. The zero-order valence-corrected chi connectivity index (χ0v) is 21.5. The molecule has 2 heterocycles. The zero-order chi connectivity index (χ0) is 27.3. The zero-order valence-electron chi connectivity index (χ0n) is 21.5. The van der Waals surface area contributed by atoms with Crippen molar-refractivity contribution >= 4 is 22.7 Å². The van der Waals surface area contributed by atoms with E-state index >= 15 is 0 Å². The lowest BCUT2D eigenvalue weighted by Gasteiger charge is -2.32. The van der Waals surface area contributed by atoms with E-state index in [-0.39, 0.29) is 24.4 Å². The summed E-state index contributed by atoms with van der Waals surface area (Å²) in [5, 5.41) is 12.1. The van der Waals surface area contributed by atoms with Gasteiger partial charge in [0.05, 0.1) is 12.2 Å².